The number of alkyl halides is 1. The lowest BCUT2D eigenvalue weighted by Gasteiger charge is -2.03. The van der Waals surface area contributed by atoms with Crippen molar-refractivity contribution in [2.24, 2.45) is 0 Å². The fraction of sp³-hybridized carbons (Fsp3) is 0.100. The van der Waals surface area contributed by atoms with Gasteiger partial charge in [-0.2, -0.15) is 4.39 Å². The van der Waals surface area contributed by atoms with E-state index in [-0.39, 0.29) is 6.61 Å². The Morgan fingerprint density at radius 2 is 1.77 bits per heavy atom. The van der Waals surface area contributed by atoms with Crippen molar-refractivity contribution in [3.63, 3.8) is 0 Å². The van der Waals surface area contributed by atoms with Crippen molar-refractivity contribution in [2.45, 2.75) is 0 Å². The van der Waals surface area contributed by atoms with Crippen LogP contribution in [0.1, 0.15) is 0 Å². The molecule has 0 aliphatic heterocycles. The maximum atomic E-state index is 13.0. The van der Waals surface area contributed by atoms with E-state index >= 15 is 0 Å². The number of rotatable bonds is 5. The van der Waals surface area contributed by atoms with E-state index in [1.807, 2.05) is 36.4 Å². The summed E-state index contributed by atoms with van der Waals surface area (Å²) in [5.41, 5.74) is 2.58. The molecule has 0 aliphatic rings. The van der Waals surface area contributed by atoms with Crippen LogP contribution < -0.4 is 4.74 Å². The molecule has 0 spiro atoms. The van der Waals surface area contributed by atoms with Crippen LogP contribution in [0, 0.1) is 5.95 Å². The van der Waals surface area contributed by atoms with Gasteiger partial charge in [-0.15, -0.1) is 11.3 Å². The van der Waals surface area contributed by atoms with Gasteiger partial charge in [0.1, 0.15) is 23.9 Å². The highest BCUT2D eigenvalue weighted by Crippen LogP contribution is 2.34. The van der Waals surface area contributed by atoms with Crippen LogP contribution >= 0.6 is 11.3 Å². The van der Waals surface area contributed by atoms with Crippen molar-refractivity contribution in [1.29, 1.82) is 0 Å². The van der Waals surface area contributed by atoms with Crippen molar-refractivity contribution in [1.82, 2.24) is 9.97 Å². The quantitative estimate of drug-likeness (QED) is 0.436. The Labute approximate surface area is 152 Å². The highest BCUT2D eigenvalue weighted by Gasteiger charge is 2.08. The molecule has 0 unspecified atom stereocenters. The van der Waals surface area contributed by atoms with E-state index in [4.69, 9.17) is 4.74 Å². The van der Waals surface area contributed by atoms with Crippen molar-refractivity contribution in [2.75, 3.05) is 13.3 Å². The average molecular weight is 368 g/mol. The number of ether oxygens (including phenoxy) is 1. The zero-order valence-electron chi connectivity index (χ0n) is 13.7. The predicted octanol–water partition coefficient (Wildman–Crippen LogP) is 5.51. The van der Waals surface area contributed by atoms with Crippen LogP contribution in [-0.4, -0.2) is 23.2 Å². The molecule has 130 valence electrons. The largest absolute Gasteiger partial charge is 0.491 e. The second kappa shape index (κ2) is 7.17. The summed E-state index contributed by atoms with van der Waals surface area (Å²) in [6.07, 6.45) is 1.48. The zero-order chi connectivity index (χ0) is 17.9. The van der Waals surface area contributed by atoms with Gasteiger partial charge in [-0.3, -0.25) is 0 Å². The third-order valence-electron chi connectivity index (χ3n) is 3.89. The molecule has 0 saturated heterocycles. The average Bonchev–Trinajstić information content (AvgIpc) is 3.10. The Morgan fingerprint density at radius 1 is 0.962 bits per heavy atom. The number of nitrogens with zero attached hydrogens (tertiary/aromatic N) is 2. The van der Waals surface area contributed by atoms with E-state index in [9.17, 15) is 8.78 Å². The predicted molar refractivity (Wildman–Crippen MR) is 99.7 cm³/mol. The number of thiophene rings is 1. The minimum atomic E-state index is -0.507. The monoisotopic (exact) mass is 368 g/mol. The normalized spacial score (nSPS) is 11.0. The molecule has 6 heteroatoms. The standard InChI is InChI=1S/C20H14F2N2OS/c21-9-10-25-16-5-1-13(2-6-16)18-11-14-3-7-17(24-20(14)26-18)15-4-8-19(22)23-12-15/h1-8,11-12H,9-10H2. The minimum absolute atomic E-state index is 0.0627. The molecule has 0 radical (unpaired) electrons. The maximum Gasteiger partial charge on any atom is 0.212 e. The molecule has 0 saturated carbocycles. The van der Waals surface area contributed by atoms with Crippen LogP contribution in [0.25, 0.3) is 31.9 Å². The summed E-state index contributed by atoms with van der Waals surface area (Å²) in [5.74, 6) is 0.143. The van der Waals surface area contributed by atoms with Gasteiger partial charge in [0.25, 0.3) is 0 Å². The van der Waals surface area contributed by atoms with E-state index in [1.54, 1.807) is 17.4 Å². The topological polar surface area (TPSA) is 35.0 Å². The van der Waals surface area contributed by atoms with E-state index in [1.165, 1.54) is 12.3 Å². The van der Waals surface area contributed by atoms with Gasteiger partial charge in [-0.25, -0.2) is 14.4 Å². The molecule has 4 rings (SSSR count). The van der Waals surface area contributed by atoms with Crippen LogP contribution in [-0.2, 0) is 0 Å². The molecular formula is C20H14F2N2OS. The van der Waals surface area contributed by atoms with Gasteiger partial charge >= 0.3 is 0 Å². The molecule has 3 heterocycles. The molecule has 0 bridgehead atoms. The fourth-order valence-electron chi connectivity index (χ4n) is 2.62. The van der Waals surface area contributed by atoms with Crippen molar-refractivity contribution >= 4 is 21.6 Å². The van der Waals surface area contributed by atoms with E-state index < -0.39 is 12.6 Å². The molecule has 0 amide bonds. The van der Waals surface area contributed by atoms with E-state index in [0.29, 0.717) is 5.75 Å². The van der Waals surface area contributed by atoms with Crippen LogP contribution in [0.4, 0.5) is 8.78 Å². The lowest BCUT2D eigenvalue weighted by atomic mass is 10.1. The zero-order valence-corrected chi connectivity index (χ0v) is 14.5. The molecule has 0 fully saturated rings. The number of hydrogen-bond donors (Lipinski definition) is 0. The summed E-state index contributed by atoms with van der Waals surface area (Å²) in [4.78, 5) is 10.3. The third-order valence-corrected chi connectivity index (χ3v) is 4.98. The van der Waals surface area contributed by atoms with Crippen LogP contribution in [0.15, 0.2) is 60.8 Å². The van der Waals surface area contributed by atoms with Gasteiger partial charge in [-0.05, 0) is 60.2 Å². The molecule has 1 aromatic carbocycles. The summed E-state index contributed by atoms with van der Waals surface area (Å²) in [6, 6.07) is 16.5. The number of benzene rings is 1. The first-order chi connectivity index (χ1) is 12.7. The van der Waals surface area contributed by atoms with Gasteiger partial charge in [0.15, 0.2) is 0 Å². The first kappa shape index (κ1) is 16.6. The lowest BCUT2D eigenvalue weighted by Crippen LogP contribution is -1.97. The molecule has 0 aliphatic carbocycles. The summed E-state index contributed by atoms with van der Waals surface area (Å²) >= 11 is 1.58. The van der Waals surface area contributed by atoms with Crippen molar-refractivity contribution in [3.05, 3.63) is 66.7 Å². The Bertz CT molecular complexity index is 1030. The van der Waals surface area contributed by atoms with Crippen molar-refractivity contribution in [3.8, 4) is 27.4 Å². The van der Waals surface area contributed by atoms with Crippen molar-refractivity contribution < 1.29 is 13.5 Å². The Morgan fingerprint density at radius 3 is 2.50 bits per heavy atom. The van der Waals surface area contributed by atoms with Gasteiger partial charge in [-0.1, -0.05) is 0 Å². The molecule has 4 aromatic rings. The number of halogens is 2. The smallest absolute Gasteiger partial charge is 0.212 e. The molecule has 0 N–H and O–H groups in total. The summed E-state index contributed by atoms with van der Waals surface area (Å²) in [5, 5.41) is 1.04. The van der Waals surface area contributed by atoms with Crippen LogP contribution in [0.5, 0.6) is 5.75 Å². The van der Waals surface area contributed by atoms with Gasteiger partial charge in [0.05, 0.1) is 5.69 Å². The fourth-order valence-corrected chi connectivity index (χ4v) is 3.66. The maximum absolute atomic E-state index is 13.0. The van der Waals surface area contributed by atoms with Crippen LogP contribution in [0.2, 0.25) is 0 Å². The molecule has 0 atom stereocenters. The van der Waals surface area contributed by atoms with E-state index in [0.717, 1.165) is 31.9 Å². The first-order valence-electron chi connectivity index (χ1n) is 8.05. The molecular weight excluding hydrogens is 354 g/mol. The molecule has 26 heavy (non-hydrogen) atoms. The SMILES string of the molecule is FCCOc1ccc(-c2cc3ccc(-c4ccc(F)nc4)nc3s2)cc1. The van der Waals surface area contributed by atoms with Crippen LogP contribution in [0.3, 0.4) is 0 Å². The van der Waals surface area contributed by atoms with E-state index in [2.05, 4.69) is 16.0 Å². The van der Waals surface area contributed by atoms with Gasteiger partial charge < -0.3 is 4.74 Å². The minimum Gasteiger partial charge on any atom is -0.491 e. The Hall–Kier alpha value is -2.86. The number of pyridine rings is 2. The number of fused-ring (bicyclic) bond motifs is 1. The van der Waals surface area contributed by atoms with Gasteiger partial charge in [0.2, 0.25) is 5.95 Å². The third kappa shape index (κ3) is 3.41. The second-order valence-corrected chi connectivity index (χ2v) is 6.66. The van der Waals surface area contributed by atoms with Gasteiger partial charge in [0, 0.05) is 22.0 Å². The summed E-state index contributed by atoms with van der Waals surface area (Å²) in [6.45, 7) is -0.442. The lowest BCUT2D eigenvalue weighted by molar-refractivity contribution is 0.273. The summed E-state index contributed by atoms with van der Waals surface area (Å²) in [7, 11) is 0. The second-order valence-electron chi connectivity index (χ2n) is 5.63. The summed E-state index contributed by atoms with van der Waals surface area (Å²) < 4.78 is 30.4. The molecule has 3 nitrogen and oxygen atoms in total. The molecule has 3 aromatic heterocycles. The Kier molecular flexibility index (Phi) is 4.58. The highest BCUT2D eigenvalue weighted by atomic mass is 32.1. The first-order valence-corrected chi connectivity index (χ1v) is 8.86. The number of hydrogen-bond acceptors (Lipinski definition) is 4. The number of aromatic nitrogens is 2. The highest BCUT2D eigenvalue weighted by molar-refractivity contribution is 7.21. The Balaban J connectivity index is 1.64.